The number of alkyl halides is 1. The minimum absolute atomic E-state index is 0.0511. The molecule has 7 atom stereocenters. The number of esters is 1. The van der Waals surface area contributed by atoms with Crippen LogP contribution in [0.25, 0.3) is 0 Å². The summed E-state index contributed by atoms with van der Waals surface area (Å²) in [7, 11) is 0. The SMILES string of the molecule is C=CCN(C(=O)[C@H]1N([C@@H](CC)CO)C(=O)[C@@H]2[C@@H](C(=O)OCC)[C@@H]3O[C@@]21CC3Br)C(C)(C)CC(C)(C)C. The molecular weight excluding hydrogens is 528 g/mol. The summed E-state index contributed by atoms with van der Waals surface area (Å²) in [6.07, 6.45) is 2.75. The van der Waals surface area contributed by atoms with Gasteiger partial charge in [0.2, 0.25) is 11.8 Å². The standard InChI is InChI=1S/C27H43BrN2O6/c1-9-12-29(26(7,8)15-25(4,5)6)23(33)21-27-13-17(28)20(36-27)18(24(34)35-11-3)19(27)22(32)30(21)16(10-2)14-31/h9,16-21,31H,1,10-15H2,2-8H3/t16-,17?,18+,19-,20+,21+,27-/m0/s1. The summed E-state index contributed by atoms with van der Waals surface area (Å²) in [4.78, 5) is 44.8. The van der Waals surface area contributed by atoms with Gasteiger partial charge >= 0.3 is 5.97 Å². The first-order valence-corrected chi connectivity index (χ1v) is 14.0. The number of aliphatic hydroxyl groups excluding tert-OH is 1. The van der Waals surface area contributed by atoms with Crippen molar-refractivity contribution in [3.8, 4) is 0 Å². The normalized spacial score (nSPS) is 32.4. The van der Waals surface area contributed by atoms with Gasteiger partial charge in [-0.05, 0) is 45.4 Å². The van der Waals surface area contributed by atoms with Gasteiger partial charge in [0.05, 0.1) is 37.2 Å². The summed E-state index contributed by atoms with van der Waals surface area (Å²) in [5.74, 6) is -2.67. The number of hydrogen-bond donors (Lipinski definition) is 1. The lowest BCUT2D eigenvalue weighted by Crippen LogP contribution is -2.62. The number of hydrogen-bond acceptors (Lipinski definition) is 6. The van der Waals surface area contributed by atoms with Crippen molar-refractivity contribution in [2.75, 3.05) is 19.8 Å². The molecule has 0 radical (unpaired) electrons. The summed E-state index contributed by atoms with van der Waals surface area (Å²) >= 11 is 3.67. The second-order valence-electron chi connectivity index (χ2n) is 12.2. The molecule has 2 bridgehead atoms. The summed E-state index contributed by atoms with van der Waals surface area (Å²) in [6.45, 7) is 18.2. The third-order valence-corrected chi connectivity index (χ3v) is 8.71. The van der Waals surface area contributed by atoms with E-state index in [0.717, 1.165) is 6.42 Å². The predicted octanol–water partition coefficient (Wildman–Crippen LogP) is 3.30. The highest BCUT2D eigenvalue weighted by Crippen LogP contribution is 2.61. The molecule has 3 fully saturated rings. The summed E-state index contributed by atoms with van der Waals surface area (Å²) in [6, 6.07) is -1.53. The lowest BCUT2D eigenvalue weighted by molar-refractivity contribution is -0.157. The fourth-order valence-electron chi connectivity index (χ4n) is 6.97. The molecule has 204 valence electrons. The number of amides is 2. The molecule has 1 spiro atoms. The molecule has 8 nitrogen and oxygen atoms in total. The third kappa shape index (κ3) is 4.75. The van der Waals surface area contributed by atoms with E-state index in [0.29, 0.717) is 19.4 Å². The molecule has 2 amide bonds. The Labute approximate surface area is 223 Å². The fraction of sp³-hybridized carbons (Fsp3) is 0.815. The van der Waals surface area contributed by atoms with Crippen LogP contribution in [0.3, 0.4) is 0 Å². The molecule has 0 aromatic rings. The van der Waals surface area contributed by atoms with Gasteiger partial charge in [-0.2, -0.15) is 0 Å². The van der Waals surface area contributed by atoms with Crippen LogP contribution in [0.15, 0.2) is 12.7 Å². The first-order chi connectivity index (χ1) is 16.7. The number of likely N-dealkylation sites (tertiary alicyclic amines) is 1. The quantitative estimate of drug-likeness (QED) is 0.246. The van der Waals surface area contributed by atoms with E-state index in [1.807, 2.05) is 20.8 Å². The molecule has 3 rings (SSSR count). The fourth-order valence-corrected chi connectivity index (χ4v) is 7.91. The van der Waals surface area contributed by atoms with Gasteiger partial charge in [0.1, 0.15) is 11.6 Å². The summed E-state index contributed by atoms with van der Waals surface area (Å²) in [5, 5.41) is 10.2. The van der Waals surface area contributed by atoms with E-state index in [4.69, 9.17) is 9.47 Å². The maximum absolute atomic E-state index is 14.6. The molecule has 1 N–H and O–H groups in total. The molecule has 0 aromatic carbocycles. The predicted molar refractivity (Wildman–Crippen MR) is 140 cm³/mol. The molecular formula is C27H43BrN2O6. The van der Waals surface area contributed by atoms with Crippen molar-refractivity contribution >= 4 is 33.7 Å². The number of carbonyl (C=O) groups excluding carboxylic acids is 3. The molecule has 3 heterocycles. The van der Waals surface area contributed by atoms with Crippen LogP contribution in [0.4, 0.5) is 0 Å². The molecule has 36 heavy (non-hydrogen) atoms. The van der Waals surface area contributed by atoms with Crippen LogP contribution in [0, 0.1) is 17.3 Å². The van der Waals surface area contributed by atoms with Crippen molar-refractivity contribution in [2.45, 2.75) is 102 Å². The highest BCUT2D eigenvalue weighted by molar-refractivity contribution is 9.09. The van der Waals surface area contributed by atoms with Crippen LogP contribution in [-0.4, -0.2) is 86.6 Å². The third-order valence-electron chi connectivity index (χ3n) is 7.87. The van der Waals surface area contributed by atoms with Gasteiger partial charge in [0, 0.05) is 16.9 Å². The minimum atomic E-state index is -1.18. The van der Waals surface area contributed by atoms with Gasteiger partial charge in [-0.1, -0.05) is 49.7 Å². The molecule has 9 heteroatoms. The monoisotopic (exact) mass is 570 g/mol. The van der Waals surface area contributed by atoms with Gasteiger partial charge in [0.15, 0.2) is 0 Å². The van der Waals surface area contributed by atoms with Crippen LogP contribution in [0.2, 0.25) is 0 Å². The molecule has 3 aliphatic heterocycles. The van der Waals surface area contributed by atoms with Crippen molar-refractivity contribution in [1.82, 2.24) is 9.80 Å². The highest BCUT2D eigenvalue weighted by Gasteiger charge is 2.77. The van der Waals surface area contributed by atoms with Gasteiger partial charge in [-0.3, -0.25) is 14.4 Å². The molecule has 3 saturated heterocycles. The van der Waals surface area contributed by atoms with E-state index in [9.17, 15) is 19.5 Å². The van der Waals surface area contributed by atoms with E-state index in [-0.39, 0.29) is 35.3 Å². The number of halogens is 1. The molecule has 1 unspecified atom stereocenters. The van der Waals surface area contributed by atoms with Gasteiger partial charge in [-0.15, -0.1) is 6.58 Å². The Morgan fingerprint density at radius 1 is 1.33 bits per heavy atom. The average molecular weight is 572 g/mol. The Hall–Kier alpha value is -1.45. The second kappa shape index (κ2) is 10.4. The van der Waals surface area contributed by atoms with Crippen LogP contribution >= 0.6 is 15.9 Å². The largest absolute Gasteiger partial charge is 0.466 e. The Morgan fingerprint density at radius 2 is 1.97 bits per heavy atom. The summed E-state index contributed by atoms with van der Waals surface area (Å²) in [5.41, 5.74) is -1.77. The van der Waals surface area contributed by atoms with E-state index in [1.165, 1.54) is 4.90 Å². The molecule has 0 aliphatic carbocycles. The average Bonchev–Trinajstić information content (AvgIpc) is 3.35. The Bertz CT molecular complexity index is 882. The first kappa shape index (κ1) is 29.1. The molecule has 0 aromatic heterocycles. The summed E-state index contributed by atoms with van der Waals surface area (Å²) < 4.78 is 11.9. The number of aliphatic hydroxyl groups is 1. The number of nitrogens with zero attached hydrogens (tertiary/aromatic N) is 2. The van der Waals surface area contributed by atoms with Gasteiger partial charge in [0.25, 0.3) is 0 Å². The van der Waals surface area contributed by atoms with E-state index >= 15 is 0 Å². The minimum Gasteiger partial charge on any atom is -0.466 e. The molecule has 0 saturated carbocycles. The van der Waals surface area contributed by atoms with Crippen molar-refractivity contribution in [1.29, 1.82) is 0 Å². The van der Waals surface area contributed by atoms with Crippen molar-refractivity contribution in [2.24, 2.45) is 17.3 Å². The zero-order chi connectivity index (χ0) is 27.2. The zero-order valence-corrected chi connectivity index (χ0v) is 24.3. The zero-order valence-electron chi connectivity index (χ0n) is 22.8. The van der Waals surface area contributed by atoms with E-state index in [2.05, 4.69) is 43.3 Å². The van der Waals surface area contributed by atoms with Crippen LogP contribution in [0.5, 0.6) is 0 Å². The van der Waals surface area contributed by atoms with E-state index < -0.39 is 47.1 Å². The lowest BCUT2D eigenvalue weighted by Gasteiger charge is -2.46. The molecule has 3 aliphatic rings. The van der Waals surface area contributed by atoms with Crippen LogP contribution in [-0.2, 0) is 23.9 Å². The van der Waals surface area contributed by atoms with Gasteiger partial charge in [-0.25, -0.2) is 0 Å². The van der Waals surface area contributed by atoms with Crippen molar-refractivity contribution in [3.63, 3.8) is 0 Å². The Morgan fingerprint density at radius 3 is 2.47 bits per heavy atom. The van der Waals surface area contributed by atoms with Gasteiger partial charge < -0.3 is 24.4 Å². The smallest absolute Gasteiger partial charge is 0.312 e. The Balaban J connectivity index is 2.15. The van der Waals surface area contributed by atoms with Crippen LogP contribution < -0.4 is 0 Å². The number of fused-ring (bicyclic) bond motifs is 1. The van der Waals surface area contributed by atoms with Crippen molar-refractivity contribution in [3.05, 3.63) is 12.7 Å². The lowest BCUT2D eigenvalue weighted by atomic mass is 9.70. The highest BCUT2D eigenvalue weighted by atomic mass is 79.9. The maximum atomic E-state index is 14.6. The van der Waals surface area contributed by atoms with Crippen molar-refractivity contribution < 1.29 is 29.0 Å². The maximum Gasteiger partial charge on any atom is 0.312 e. The topological polar surface area (TPSA) is 96.4 Å². The first-order valence-electron chi connectivity index (χ1n) is 13.0. The number of carbonyl (C=O) groups is 3. The number of ether oxygens (including phenoxy) is 2. The second-order valence-corrected chi connectivity index (χ2v) is 13.4. The Kier molecular flexibility index (Phi) is 8.38. The van der Waals surface area contributed by atoms with Crippen LogP contribution in [0.1, 0.15) is 67.7 Å². The number of rotatable bonds is 10. The van der Waals surface area contributed by atoms with E-state index in [1.54, 1.807) is 17.9 Å².